The Morgan fingerprint density at radius 1 is 1.12 bits per heavy atom. The highest BCUT2D eigenvalue weighted by molar-refractivity contribution is 6.34. The predicted octanol–water partition coefficient (Wildman–Crippen LogP) is 4.38. The van der Waals surface area contributed by atoms with Crippen LogP contribution in [0.2, 0.25) is 5.02 Å². The Hall–Kier alpha value is -2.64. The van der Waals surface area contributed by atoms with Gasteiger partial charge in [-0.05, 0) is 31.9 Å². The van der Waals surface area contributed by atoms with Crippen molar-refractivity contribution in [2.75, 3.05) is 44.8 Å². The number of anilines is 1. The van der Waals surface area contributed by atoms with Crippen LogP contribution in [0.3, 0.4) is 0 Å². The third kappa shape index (κ3) is 5.78. The van der Waals surface area contributed by atoms with Crippen LogP contribution in [0.5, 0.6) is 23.0 Å². The van der Waals surface area contributed by atoms with Crippen molar-refractivity contribution < 1.29 is 23.7 Å². The van der Waals surface area contributed by atoms with Gasteiger partial charge in [0.25, 0.3) is 0 Å². The van der Waals surface area contributed by atoms with Crippen LogP contribution in [-0.4, -0.2) is 56.4 Å². The quantitative estimate of drug-likeness (QED) is 0.661. The summed E-state index contributed by atoms with van der Waals surface area (Å²) in [6, 6.07) is 11.2. The van der Waals surface area contributed by atoms with Gasteiger partial charge in [0.2, 0.25) is 5.91 Å². The molecule has 4 rings (SSSR count). The van der Waals surface area contributed by atoms with Crippen molar-refractivity contribution in [2.45, 2.75) is 32.3 Å². The van der Waals surface area contributed by atoms with Crippen LogP contribution in [0.15, 0.2) is 36.4 Å². The molecule has 0 atom stereocenters. The van der Waals surface area contributed by atoms with Crippen molar-refractivity contribution in [3.05, 3.63) is 41.4 Å². The van der Waals surface area contributed by atoms with E-state index < -0.39 is 0 Å². The van der Waals surface area contributed by atoms with Crippen LogP contribution in [-0.2, 0) is 4.79 Å². The summed E-state index contributed by atoms with van der Waals surface area (Å²) in [5.41, 5.74) is 0.534. The van der Waals surface area contributed by atoms with Gasteiger partial charge in [0.15, 0.2) is 23.0 Å². The number of carbonyl (C=O) groups excluding carboxylic acids is 1. The number of halogens is 1. The first kappa shape index (κ1) is 22.6. The maximum absolute atomic E-state index is 12.6. The van der Waals surface area contributed by atoms with Gasteiger partial charge < -0.3 is 24.3 Å². The Kier molecular flexibility index (Phi) is 7.60. The highest BCUT2D eigenvalue weighted by Gasteiger charge is 2.23. The van der Waals surface area contributed by atoms with E-state index >= 15 is 0 Å². The topological polar surface area (TPSA) is 69.3 Å². The zero-order chi connectivity index (χ0) is 22.3. The summed E-state index contributed by atoms with van der Waals surface area (Å²) in [5, 5.41) is 3.34. The summed E-state index contributed by atoms with van der Waals surface area (Å²) in [5.74, 6) is 2.65. The molecule has 2 aliphatic rings. The minimum absolute atomic E-state index is 0.104. The van der Waals surface area contributed by atoms with Crippen molar-refractivity contribution in [1.29, 1.82) is 0 Å². The van der Waals surface area contributed by atoms with Crippen molar-refractivity contribution in [1.82, 2.24) is 4.90 Å². The molecule has 2 aromatic rings. The molecule has 0 aliphatic carbocycles. The lowest BCUT2D eigenvalue weighted by molar-refractivity contribution is -0.117. The lowest BCUT2D eigenvalue weighted by Gasteiger charge is -2.32. The number of amides is 1. The minimum Gasteiger partial charge on any atom is -0.490 e. The number of nitrogens with one attached hydrogen (secondary N) is 1. The second-order valence-electron chi connectivity index (χ2n) is 7.85. The molecule has 2 aromatic carbocycles. The van der Waals surface area contributed by atoms with Gasteiger partial charge in [-0.25, -0.2) is 0 Å². The summed E-state index contributed by atoms with van der Waals surface area (Å²) in [7, 11) is 0. The van der Waals surface area contributed by atoms with Gasteiger partial charge in [0, 0.05) is 31.6 Å². The first-order valence-corrected chi connectivity index (χ1v) is 11.5. The molecule has 1 amide bonds. The molecular weight excluding hydrogens is 432 g/mol. The van der Waals surface area contributed by atoms with Gasteiger partial charge in [-0.3, -0.25) is 9.69 Å². The molecule has 2 heterocycles. The maximum Gasteiger partial charge on any atom is 0.238 e. The normalized spacial score (nSPS) is 16.8. The van der Waals surface area contributed by atoms with E-state index in [0.717, 1.165) is 43.9 Å². The molecule has 8 heteroatoms. The summed E-state index contributed by atoms with van der Waals surface area (Å²) in [4.78, 5) is 14.8. The number of piperidine rings is 1. The first-order chi connectivity index (χ1) is 15.6. The van der Waals surface area contributed by atoms with E-state index in [9.17, 15) is 4.79 Å². The number of benzene rings is 2. The maximum atomic E-state index is 12.6. The Morgan fingerprint density at radius 3 is 2.53 bits per heavy atom. The summed E-state index contributed by atoms with van der Waals surface area (Å²) in [6.45, 7) is 5.59. The number of ether oxygens (including phenoxy) is 4. The second kappa shape index (κ2) is 10.8. The number of fused-ring (bicyclic) bond motifs is 1. The van der Waals surface area contributed by atoms with Crippen LogP contribution in [0.1, 0.15) is 26.2 Å². The molecular formula is C24H29ClN2O5. The molecule has 172 valence electrons. The van der Waals surface area contributed by atoms with Crippen molar-refractivity contribution in [3.63, 3.8) is 0 Å². The van der Waals surface area contributed by atoms with E-state index in [1.54, 1.807) is 12.1 Å². The zero-order valence-electron chi connectivity index (χ0n) is 18.3. The van der Waals surface area contributed by atoms with Crippen LogP contribution in [0.4, 0.5) is 5.69 Å². The van der Waals surface area contributed by atoms with E-state index in [2.05, 4.69) is 10.2 Å². The predicted molar refractivity (Wildman–Crippen MR) is 123 cm³/mol. The van der Waals surface area contributed by atoms with Gasteiger partial charge in [-0.2, -0.15) is 0 Å². The summed E-state index contributed by atoms with van der Waals surface area (Å²) >= 11 is 6.34. The Labute approximate surface area is 193 Å². The number of hydrogen-bond acceptors (Lipinski definition) is 6. The third-order valence-electron chi connectivity index (χ3n) is 5.46. The van der Waals surface area contributed by atoms with Crippen LogP contribution < -0.4 is 24.3 Å². The molecule has 1 saturated heterocycles. The number of likely N-dealkylation sites (tertiary alicyclic amines) is 1. The number of nitrogens with zero attached hydrogens (tertiary/aromatic N) is 1. The van der Waals surface area contributed by atoms with Gasteiger partial charge in [-0.1, -0.05) is 23.7 Å². The van der Waals surface area contributed by atoms with Gasteiger partial charge in [-0.15, -0.1) is 0 Å². The SMILES string of the molecule is CCOc1ccccc1OC1CCN(CC(=O)Nc2cc3c(cc2Cl)OCCCO3)CC1. The Morgan fingerprint density at radius 2 is 1.81 bits per heavy atom. The van der Waals surface area contributed by atoms with Crippen molar-refractivity contribution in [2.24, 2.45) is 0 Å². The standard InChI is InChI=1S/C24H29ClN2O5/c1-2-29-20-6-3-4-7-21(20)32-17-8-10-27(11-9-17)16-24(28)26-19-15-23-22(14-18(19)25)30-12-5-13-31-23/h3-4,6-7,14-15,17H,2,5,8-13,16H2,1H3,(H,26,28). The van der Waals surface area contributed by atoms with Crippen LogP contribution in [0, 0.1) is 0 Å². The van der Waals surface area contributed by atoms with Gasteiger partial charge in [0.05, 0.1) is 37.1 Å². The van der Waals surface area contributed by atoms with E-state index in [4.69, 9.17) is 30.5 Å². The summed E-state index contributed by atoms with van der Waals surface area (Å²) < 4.78 is 23.1. The number of hydrogen-bond donors (Lipinski definition) is 1. The molecule has 1 N–H and O–H groups in total. The molecule has 2 aliphatic heterocycles. The molecule has 0 bridgehead atoms. The van der Waals surface area contributed by atoms with Crippen LogP contribution in [0.25, 0.3) is 0 Å². The minimum atomic E-state index is -0.109. The molecule has 0 saturated carbocycles. The lowest BCUT2D eigenvalue weighted by Crippen LogP contribution is -2.42. The Bertz CT molecular complexity index is 931. The van der Waals surface area contributed by atoms with Gasteiger partial charge >= 0.3 is 0 Å². The summed E-state index contributed by atoms with van der Waals surface area (Å²) in [6.07, 6.45) is 2.61. The molecule has 0 spiro atoms. The number of para-hydroxylation sites is 2. The van der Waals surface area contributed by atoms with Gasteiger partial charge in [0.1, 0.15) is 6.10 Å². The number of carbonyl (C=O) groups is 1. The van der Waals surface area contributed by atoms with Crippen molar-refractivity contribution >= 4 is 23.2 Å². The number of rotatable bonds is 7. The fourth-order valence-corrected chi connectivity index (χ4v) is 4.06. The van der Waals surface area contributed by atoms with E-state index in [1.807, 2.05) is 31.2 Å². The van der Waals surface area contributed by atoms with E-state index in [-0.39, 0.29) is 12.0 Å². The lowest BCUT2D eigenvalue weighted by atomic mass is 10.1. The second-order valence-corrected chi connectivity index (χ2v) is 8.26. The monoisotopic (exact) mass is 460 g/mol. The molecule has 32 heavy (non-hydrogen) atoms. The van der Waals surface area contributed by atoms with E-state index in [0.29, 0.717) is 48.6 Å². The molecule has 0 radical (unpaired) electrons. The largest absolute Gasteiger partial charge is 0.490 e. The first-order valence-electron chi connectivity index (χ1n) is 11.1. The molecule has 1 fully saturated rings. The molecule has 7 nitrogen and oxygen atoms in total. The average Bonchev–Trinajstić information content (AvgIpc) is 3.02. The highest BCUT2D eigenvalue weighted by Crippen LogP contribution is 2.37. The van der Waals surface area contributed by atoms with Crippen LogP contribution >= 0.6 is 11.6 Å². The van der Waals surface area contributed by atoms with E-state index in [1.165, 1.54) is 0 Å². The smallest absolute Gasteiger partial charge is 0.238 e. The Balaban J connectivity index is 1.28. The molecule has 0 aromatic heterocycles. The molecule has 0 unspecified atom stereocenters. The fourth-order valence-electron chi connectivity index (χ4n) is 3.86. The highest BCUT2D eigenvalue weighted by atomic mass is 35.5. The zero-order valence-corrected chi connectivity index (χ0v) is 19.0. The third-order valence-corrected chi connectivity index (χ3v) is 5.77. The van der Waals surface area contributed by atoms with Crippen molar-refractivity contribution in [3.8, 4) is 23.0 Å². The fraction of sp³-hybridized carbons (Fsp3) is 0.458. The average molecular weight is 461 g/mol.